The third kappa shape index (κ3) is 8.21. The van der Waals surface area contributed by atoms with Crippen molar-refractivity contribution in [3.63, 3.8) is 0 Å². The van der Waals surface area contributed by atoms with Crippen LogP contribution in [0.2, 0.25) is 0 Å². The summed E-state index contributed by atoms with van der Waals surface area (Å²) in [6.07, 6.45) is -1.09. The molecule has 0 amide bonds. The summed E-state index contributed by atoms with van der Waals surface area (Å²) >= 11 is 0. The molecule has 0 saturated carbocycles. The van der Waals surface area contributed by atoms with E-state index in [0.717, 1.165) is 38.8 Å². The second kappa shape index (κ2) is 16.4. The van der Waals surface area contributed by atoms with Crippen LogP contribution in [0, 0.1) is 12.7 Å². The van der Waals surface area contributed by atoms with Gasteiger partial charge in [-0.3, -0.25) is 0 Å². The number of hydrogen-bond donors (Lipinski definition) is 1. The molecule has 1 aliphatic heterocycles. The van der Waals surface area contributed by atoms with Crippen LogP contribution in [0.25, 0.3) is 10.9 Å². The fourth-order valence-electron chi connectivity index (χ4n) is 6.62. The van der Waals surface area contributed by atoms with Crippen molar-refractivity contribution in [3.05, 3.63) is 179 Å². The molecule has 6 aromatic rings. The van der Waals surface area contributed by atoms with Crippen LogP contribution in [0.3, 0.4) is 0 Å². The molecule has 1 saturated heterocycles. The van der Waals surface area contributed by atoms with E-state index in [1.807, 2.05) is 141 Å². The van der Waals surface area contributed by atoms with E-state index in [-0.39, 0.29) is 12.4 Å². The Labute approximate surface area is 292 Å². The number of rotatable bonds is 14. The molecule has 1 fully saturated rings. The van der Waals surface area contributed by atoms with Gasteiger partial charge in [0, 0.05) is 17.1 Å². The van der Waals surface area contributed by atoms with Gasteiger partial charge in [-0.1, -0.05) is 121 Å². The Hall–Kier alpha value is -4.63. The molecule has 50 heavy (non-hydrogen) atoms. The van der Waals surface area contributed by atoms with Crippen LogP contribution in [-0.2, 0) is 50.1 Å². The highest BCUT2D eigenvalue weighted by Gasteiger charge is 2.49. The minimum atomic E-state index is -0.628. The number of aryl methyl sites for hydroxylation is 1. The number of aromatic amines is 1. The first kappa shape index (κ1) is 33.8. The van der Waals surface area contributed by atoms with E-state index in [9.17, 15) is 0 Å². The predicted octanol–water partition coefficient (Wildman–Crippen LogP) is 9.03. The monoisotopic (exact) mass is 671 g/mol. The molecule has 7 heteroatoms. The Balaban J connectivity index is 1.28. The third-order valence-electron chi connectivity index (χ3n) is 9.11. The van der Waals surface area contributed by atoms with Crippen molar-refractivity contribution in [2.45, 2.75) is 63.9 Å². The van der Waals surface area contributed by atoms with Gasteiger partial charge in [-0.25, -0.2) is 4.39 Å². The Kier molecular flexibility index (Phi) is 11.1. The molecule has 7 rings (SSSR count). The van der Waals surface area contributed by atoms with E-state index < -0.39 is 30.5 Å². The average molecular weight is 672 g/mol. The molecule has 0 bridgehead atoms. The van der Waals surface area contributed by atoms with Gasteiger partial charge in [0.25, 0.3) is 0 Å². The first-order valence-corrected chi connectivity index (χ1v) is 17.1. The van der Waals surface area contributed by atoms with Gasteiger partial charge in [-0.2, -0.15) is 0 Å². The summed E-state index contributed by atoms with van der Waals surface area (Å²) in [4.78, 5) is 3.17. The van der Waals surface area contributed by atoms with Crippen LogP contribution in [0.15, 0.2) is 140 Å². The lowest BCUT2D eigenvalue weighted by atomic mass is 9.90. The standard InChI is InChI=1S/C43H42FNO5/c1-30-22-35-36(24-45-39(35)37(44)23-30)40-42(48-27-33-18-10-4-11-19-33)43(49-28-34-20-12-5-13-21-34)41(47-26-32-16-8-3-9-17-32)38(50-40)29-46-25-31-14-6-2-7-15-31/h2-24,38,40-43,45H,25-29H2,1H3/t38-,40+,41-,42+,43+/m1/s1. The van der Waals surface area contributed by atoms with E-state index in [0.29, 0.717) is 31.9 Å². The maximum Gasteiger partial charge on any atom is 0.147 e. The molecule has 0 radical (unpaired) electrons. The van der Waals surface area contributed by atoms with Gasteiger partial charge in [-0.15, -0.1) is 0 Å². The summed E-state index contributed by atoms with van der Waals surface area (Å²) in [5.41, 5.74) is 6.18. The molecular formula is C43H42FNO5. The van der Waals surface area contributed by atoms with E-state index in [2.05, 4.69) is 4.98 Å². The Morgan fingerprint density at radius 3 is 1.62 bits per heavy atom. The lowest BCUT2D eigenvalue weighted by molar-refractivity contribution is -0.274. The van der Waals surface area contributed by atoms with Crippen molar-refractivity contribution in [1.82, 2.24) is 4.98 Å². The zero-order valence-electron chi connectivity index (χ0n) is 28.1. The summed E-state index contributed by atoms with van der Waals surface area (Å²) < 4.78 is 49.1. The molecule has 0 aliphatic carbocycles. The van der Waals surface area contributed by atoms with Gasteiger partial charge in [0.05, 0.1) is 38.6 Å². The first-order valence-electron chi connectivity index (χ1n) is 17.1. The lowest BCUT2D eigenvalue weighted by Crippen LogP contribution is -2.58. The summed E-state index contributed by atoms with van der Waals surface area (Å²) in [5.74, 6) is -0.312. The second-order valence-corrected chi connectivity index (χ2v) is 12.8. The lowest BCUT2D eigenvalue weighted by Gasteiger charge is -2.46. The van der Waals surface area contributed by atoms with Gasteiger partial charge in [-0.05, 0) is 46.9 Å². The molecule has 0 spiro atoms. The molecule has 1 aliphatic rings. The number of halogens is 1. The number of hydrogen-bond acceptors (Lipinski definition) is 5. The van der Waals surface area contributed by atoms with E-state index in [1.54, 1.807) is 0 Å². The highest BCUT2D eigenvalue weighted by molar-refractivity contribution is 5.85. The SMILES string of the molecule is Cc1cc(F)c2[nH]cc([C@@H]3O[C@H](COCc4ccccc4)[C@@H](OCc4ccccc4)[C@H](OCc4ccccc4)[C@H]3OCc3ccccc3)c2c1. The van der Waals surface area contributed by atoms with Crippen LogP contribution in [0.1, 0.15) is 39.5 Å². The fourth-order valence-corrected chi connectivity index (χ4v) is 6.62. The van der Waals surface area contributed by atoms with Crippen molar-refractivity contribution in [2.75, 3.05) is 6.61 Å². The molecule has 6 nitrogen and oxygen atoms in total. The highest BCUT2D eigenvalue weighted by atomic mass is 19.1. The molecule has 5 aromatic carbocycles. The minimum Gasteiger partial charge on any atom is -0.374 e. The first-order chi connectivity index (χ1) is 24.6. The van der Waals surface area contributed by atoms with E-state index >= 15 is 4.39 Å². The van der Waals surface area contributed by atoms with Gasteiger partial charge in [0.2, 0.25) is 0 Å². The topological polar surface area (TPSA) is 61.9 Å². The maximum absolute atomic E-state index is 15.2. The fraction of sp³-hybridized carbons (Fsp3) is 0.256. The van der Waals surface area contributed by atoms with Crippen LogP contribution in [0.4, 0.5) is 4.39 Å². The normalized spacial score (nSPS) is 20.6. The molecule has 256 valence electrons. The number of fused-ring (bicyclic) bond motifs is 1. The molecule has 1 aromatic heterocycles. The van der Waals surface area contributed by atoms with Crippen molar-refractivity contribution in [3.8, 4) is 0 Å². The third-order valence-corrected chi connectivity index (χ3v) is 9.11. The number of nitrogens with one attached hydrogen (secondary N) is 1. The highest BCUT2D eigenvalue weighted by Crippen LogP contribution is 2.41. The summed E-state index contributed by atoms with van der Waals surface area (Å²) in [6.45, 7) is 3.57. The maximum atomic E-state index is 15.2. The second-order valence-electron chi connectivity index (χ2n) is 12.8. The smallest absolute Gasteiger partial charge is 0.147 e. The summed E-state index contributed by atoms with van der Waals surface area (Å²) in [5, 5.41) is 0.746. The zero-order valence-corrected chi connectivity index (χ0v) is 28.1. The van der Waals surface area contributed by atoms with Crippen LogP contribution in [0.5, 0.6) is 0 Å². The van der Waals surface area contributed by atoms with Crippen molar-refractivity contribution in [2.24, 2.45) is 0 Å². The van der Waals surface area contributed by atoms with Gasteiger partial charge in [0.1, 0.15) is 36.3 Å². The molecule has 0 unspecified atom stereocenters. The number of benzene rings is 5. The Morgan fingerprint density at radius 1 is 0.600 bits per heavy atom. The predicted molar refractivity (Wildman–Crippen MR) is 192 cm³/mol. The zero-order chi connectivity index (χ0) is 34.1. The Morgan fingerprint density at radius 2 is 1.08 bits per heavy atom. The minimum absolute atomic E-state index is 0.247. The van der Waals surface area contributed by atoms with Crippen molar-refractivity contribution in [1.29, 1.82) is 0 Å². The van der Waals surface area contributed by atoms with Gasteiger partial charge in [0.15, 0.2) is 0 Å². The largest absolute Gasteiger partial charge is 0.374 e. The molecule has 5 atom stereocenters. The van der Waals surface area contributed by atoms with E-state index in [1.165, 1.54) is 6.07 Å². The van der Waals surface area contributed by atoms with Crippen molar-refractivity contribution >= 4 is 10.9 Å². The van der Waals surface area contributed by atoms with Gasteiger partial charge >= 0.3 is 0 Å². The molecule has 1 N–H and O–H groups in total. The average Bonchev–Trinajstić information content (AvgIpc) is 3.58. The molecular weight excluding hydrogens is 629 g/mol. The summed E-state index contributed by atoms with van der Waals surface area (Å²) in [6, 6.07) is 43.8. The quantitative estimate of drug-likeness (QED) is 0.125. The number of aromatic nitrogens is 1. The summed E-state index contributed by atoms with van der Waals surface area (Å²) in [7, 11) is 0. The van der Waals surface area contributed by atoms with Gasteiger partial charge < -0.3 is 28.7 Å². The number of ether oxygens (including phenoxy) is 5. The number of H-pyrrole nitrogens is 1. The Bertz CT molecular complexity index is 1920. The van der Waals surface area contributed by atoms with Crippen molar-refractivity contribution < 1.29 is 28.1 Å². The van der Waals surface area contributed by atoms with E-state index in [4.69, 9.17) is 23.7 Å². The van der Waals surface area contributed by atoms with Crippen LogP contribution in [-0.4, -0.2) is 36.0 Å². The van der Waals surface area contributed by atoms with Crippen LogP contribution < -0.4 is 0 Å². The van der Waals surface area contributed by atoms with Crippen LogP contribution >= 0.6 is 0 Å². The molecule has 2 heterocycles.